The normalized spacial score (nSPS) is 28.2. The SMILES string of the molecule is CC(C)CC1CCCCC1C.CO. The lowest BCUT2D eigenvalue weighted by atomic mass is 9.76. The Kier molecular flexibility index (Phi) is 7.35. The maximum Gasteiger partial charge on any atom is 0.0319 e. The first-order chi connectivity index (χ1) is 6.20. The molecule has 0 radical (unpaired) electrons. The van der Waals surface area contributed by atoms with Crippen LogP contribution in [0.2, 0.25) is 0 Å². The molecule has 1 aliphatic carbocycles. The first-order valence-corrected chi connectivity index (χ1v) is 5.65. The second-order valence-corrected chi connectivity index (χ2v) is 4.65. The number of aliphatic hydroxyl groups is 1. The third kappa shape index (κ3) is 5.30. The van der Waals surface area contributed by atoms with Crippen LogP contribution in [0.5, 0.6) is 0 Å². The molecule has 1 aliphatic rings. The minimum absolute atomic E-state index is 0.903. The Morgan fingerprint density at radius 1 is 1.15 bits per heavy atom. The highest BCUT2D eigenvalue weighted by Crippen LogP contribution is 2.33. The van der Waals surface area contributed by atoms with Crippen LogP contribution in [0.25, 0.3) is 0 Å². The van der Waals surface area contributed by atoms with Gasteiger partial charge in [-0.05, 0) is 24.2 Å². The fourth-order valence-corrected chi connectivity index (χ4v) is 2.35. The molecule has 1 N–H and O–H groups in total. The van der Waals surface area contributed by atoms with E-state index in [0.717, 1.165) is 24.9 Å². The molecule has 2 unspecified atom stereocenters. The highest BCUT2D eigenvalue weighted by Gasteiger charge is 2.21. The van der Waals surface area contributed by atoms with Crippen molar-refractivity contribution in [3.8, 4) is 0 Å². The third-order valence-corrected chi connectivity index (χ3v) is 3.06. The second-order valence-electron chi connectivity index (χ2n) is 4.65. The van der Waals surface area contributed by atoms with E-state index in [9.17, 15) is 0 Å². The molecule has 0 aromatic rings. The first kappa shape index (κ1) is 13.0. The molecule has 0 amide bonds. The van der Waals surface area contributed by atoms with Gasteiger partial charge in [0, 0.05) is 7.11 Å². The molecule has 0 aromatic heterocycles. The smallest absolute Gasteiger partial charge is 0.0319 e. The summed E-state index contributed by atoms with van der Waals surface area (Å²) in [6.45, 7) is 7.13. The molecule has 1 saturated carbocycles. The molecule has 0 heterocycles. The number of hydrogen-bond donors (Lipinski definition) is 1. The van der Waals surface area contributed by atoms with Gasteiger partial charge < -0.3 is 5.11 Å². The van der Waals surface area contributed by atoms with Crippen LogP contribution >= 0.6 is 0 Å². The highest BCUT2D eigenvalue weighted by molar-refractivity contribution is 4.72. The molecular weight excluding hydrogens is 160 g/mol. The molecule has 80 valence electrons. The topological polar surface area (TPSA) is 20.2 Å². The minimum Gasteiger partial charge on any atom is -0.400 e. The van der Waals surface area contributed by atoms with E-state index in [0.29, 0.717) is 0 Å². The van der Waals surface area contributed by atoms with E-state index in [1.54, 1.807) is 0 Å². The van der Waals surface area contributed by atoms with Gasteiger partial charge in [0.1, 0.15) is 0 Å². The summed E-state index contributed by atoms with van der Waals surface area (Å²) in [4.78, 5) is 0. The zero-order valence-corrected chi connectivity index (χ0v) is 9.71. The van der Waals surface area contributed by atoms with E-state index in [2.05, 4.69) is 20.8 Å². The number of aliphatic hydroxyl groups excluding tert-OH is 1. The van der Waals surface area contributed by atoms with Gasteiger partial charge in [0.2, 0.25) is 0 Å². The second kappa shape index (κ2) is 7.37. The average molecular weight is 186 g/mol. The van der Waals surface area contributed by atoms with Crippen molar-refractivity contribution in [3.63, 3.8) is 0 Å². The monoisotopic (exact) mass is 186 g/mol. The van der Waals surface area contributed by atoms with Gasteiger partial charge in [-0.2, -0.15) is 0 Å². The molecule has 1 nitrogen and oxygen atoms in total. The minimum atomic E-state index is 0.903. The van der Waals surface area contributed by atoms with Crippen molar-refractivity contribution in [2.45, 2.75) is 52.9 Å². The molecule has 1 heteroatoms. The number of rotatable bonds is 2. The predicted molar refractivity (Wildman–Crippen MR) is 58.7 cm³/mol. The summed E-state index contributed by atoms with van der Waals surface area (Å²) in [5, 5.41) is 7.00. The van der Waals surface area contributed by atoms with Gasteiger partial charge in [-0.15, -0.1) is 0 Å². The van der Waals surface area contributed by atoms with Crippen LogP contribution in [0.4, 0.5) is 0 Å². The third-order valence-electron chi connectivity index (χ3n) is 3.06. The van der Waals surface area contributed by atoms with Crippen LogP contribution in [0.15, 0.2) is 0 Å². The summed E-state index contributed by atoms with van der Waals surface area (Å²) >= 11 is 0. The van der Waals surface area contributed by atoms with Crippen molar-refractivity contribution in [1.82, 2.24) is 0 Å². The van der Waals surface area contributed by atoms with E-state index >= 15 is 0 Å². The molecule has 0 aromatic carbocycles. The Labute approximate surface area is 83.5 Å². The summed E-state index contributed by atoms with van der Waals surface area (Å²) in [6.07, 6.45) is 7.41. The van der Waals surface area contributed by atoms with Gasteiger partial charge >= 0.3 is 0 Å². The van der Waals surface area contributed by atoms with Crippen LogP contribution in [0, 0.1) is 17.8 Å². The zero-order chi connectivity index (χ0) is 10.3. The Morgan fingerprint density at radius 2 is 1.69 bits per heavy atom. The highest BCUT2D eigenvalue weighted by atomic mass is 16.2. The largest absolute Gasteiger partial charge is 0.400 e. The van der Waals surface area contributed by atoms with Crippen molar-refractivity contribution >= 4 is 0 Å². The van der Waals surface area contributed by atoms with Gasteiger partial charge in [-0.25, -0.2) is 0 Å². The van der Waals surface area contributed by atoms with Gasteiger partial charge in [-0.3, -0.25) is 0 Å². The van der Waals surface area contributed by atoms with Crippen molar-refractivity contribution in [2.24, 2.45) is 17.8 Å². The summed E-state index contributed by atoms with van der Waals surface area (Å²) in [6, 6.07) is 0. The summed E-state index contributed by atoms with van der Waals surface area (Å²) in [5.41, 5.74) is 0. The van der Waals surface area contributed by atoms with Crippen molar-refractivity contribution < 1.29 is 5.11 Å². The Hall–Kier alpha value is -0.0400. The van der Waals surface area contributed by atoms with Crippen LogP contribution < -0.4 is 0 Å². The van der Waals surface area contributed by atoms with Crippen molar-refractivity contribution in [2.75, 3.05) is 7.11 Å². The Morgan fingerprint density at radius 3 is 2.15 bits per heavy atom. The van der Waals surface area contributed by atoms with E-state index in [-0.39, 0.29) is 0 Å². The molecule has 0 aliphatic heterocycles. The fourth-order valence-electron chi connectivity index (χ4n) is 2.35. The number of hydrogen-bond acceptors (Lipinski definition) is 1. The Balaban J connectivity index is 0.000000671. The lowest BCUT2D eigenvalue weighted by Gasteiger charge is -2.29. The van der Waals surface area contributed by atoms with Crippen LogP contribution in [-0.2, 0) is 0 Å². The molecule has 0 bridgehead atoms. The lowest BCUT2D eigenvalue weighted by Crippen LogP contribution is -2.18. The fraction of sp³-hybridized carbons (Fsp3) is 1.00. The van der Waals surface area contributed by atoms with Crippen LogP contribution in [0.1, 0.15) is 52.9 Å². The standard InChI is InChI=1S/C11H22.CH4O/c1-9(2)8-11-7-5-4-6-10(11)3;1-2/h9-11H,4-8H2,1-3H3;2H,1H3. The maximum absolute atomic E-state index is 7.00. The zero-order valence-electron chi connectivity index (χ0n) is 9.71. The summed E-state index contributed by atoms with van der Waals surface area (Å²) in [7, 11) is 1.00. The molecule has 13 heavy (non-hydrogen) atoms. The summed E-state index contributed by atoms with van der Waals surface area (Å²) < 4.78 is 0. The van der Waals surface area contributed by atoms with Gasteiger partial charge in [0.05, 0.1) is 0 Å². The van der Waals surface area contributed by atoms with Gasteiger partial charge in [-0.1, -0.05) is 46.5 Å². The van der Waals surface area contributed by atoms with E-state index < -0.39 is 0 Å². The summed E-state index contributed by atoms with van der Waals surface area (Å²) in [5.74, 6) is 2.95. The quantitative estimate of drug-likeness (QED) is 0.700. The molecule has 2 atom stereocenters. The van der Waals surface area contributed by atoms with Gasteiger partial charge in [0.15, 0.2) is 0 Å². The molecule has 1 rings (SSSR count). The van der Waals surface area contributed by atoms with E-state index in [1.165, 1.54) is 32.1 Å². The average Bonchev–Trinajstić information content (AvgIpc) is 2.12. The van der Waals surface area contributed by atoms with Crippen LogP contribution in [-0.4, -0.2) is 12.2 Å². The molecule has 0 spiro atoms. The van der Waals surface area contributed by atoms with E-state index in [1.807, 2.05) is 0 Å². The van der Waals surface area contributed by atoms with Gasteiger partial charge in [0.25, 0.3) is 0 Å². The lowest BCUT2D eigenvalue weighted by molar-refractivity contribution is 0.220. The van der Waals surface area contributed by atoms with Crippen molar-refractivity contribution in [3.05, 3.63) is 0 Å². The maximum atomic E-state index is 7.00. The predicted octanol–water partition coefficient (Wildman–Crippen LogP) is 3.47. The molecular formula is C12H26O. The molecule has 0 saturated heterocycles. The van der Waals surface area contributed by atoms with Crippen molar-refractivity contribution in [1.29, 1.82) is 0 Å². The van der Waals surface area contributed by atoms with Crippen LogP contribution in [0.3, 0.4) is 0 Å². The van der Waals surface area contributed by atoms with E-state index in [4.69, 9.17) is 5.11 Å². The first-order valence-electron chi connectivity index (χ1n) is 5.65. The molecule has 1 fully saturated rings. The Bertz CT molecular complexity index is 110.